The van der Waals surface area contributed by atoms with Crippen LogP contribution in [0, 0.1) is 16.0 Å². The van der Waals surface area contributed by atoms with Gasteiger partial charge in [0.15, 0.2) is 11.7 Å². The van der Waals surface area contributed by atoms with E-state index in [0.717, 1.165) is 12.1 Å². The Morgan fingerprint density at radius 2 is 1.90 bits per heavy atom. The second-order valence-corrected chi connectivity index (χ2v) is 3.54. The number of non-ortho nitro benzene ring substituents is 1. The summed E-state index contributed by atoms with van der Waals surface area (Å²) >= 11 is 0. The van der Waals surface area contributed by atoms with Gasteiger partial charge in [0.25, 0.3) is 5.69 Å². The maximum absolute atomic E-state index is 11.3. The predicted octanol–water partition coefficient (Wildman–Crippen LogP) is 1.16. The molecule has 1 N–H and O–H groups in total. The van der Waals surface area contributed by atoms with Crippen LogP contribution >= 0.6 is 0 Å². The molecule has 20 heavy (non-hydrogen) atoms. The standard InChI is InChI=1S/C11H11NO7.Mg/c1-2-9(10(13)14)11(15)19-18-8-5-3-7(4-6-8)12(16)17;/h3-6,9H,2H2,1H3,(H,13,14);/q;+2. The average molecular weight is 294 g/mol. The van der Waals surface area contributed by atoms with Crippen molar-refractivity contribution in [3.63, 3.8) is 0 Å². The van der Waals surface area contributed by atoms with Crippen LogP contribution in [0.4, 0.5) is 5.69 Å². The molecule has 1 aromatic rings. The van der Waals surface area contributed by atoms with Crippen molar-refractivity contribution >= 4 is 40.7 Å². The Morgan fingerprint density at radius 1 is 1.35 bits per heavy atom. The summed E-state index contributed by atoms with van der Waals surface area (Å²) < 4.78 is 0. The Kier molecular flexibility index (Phi) is 7.55. The van der Waals surface area contributed by atoms with E-state index in [2.05, 4.69) is 9.78 Å². The molecule has 0 aliphatic carbocycles. The minimum absolute atomic E-state index is 0. The van der Waals surface area contributed by atoms with E-state index >= 15 is 0 Å². The smallest absolute Gasteiger partial charge is 0.481 e. The van der Waals surface area contributed by atoms with E-state index in [1.807, 2.05) is 0 Å². The van der Waals surface area contributed by atoms with Crippen LogP contribution in [0.1, 0.15) is 13.3 Å². The number of nitro benzene ring substituents is 1. The maximum Gasteiger partial charge on any atom is 2.00 e. The van der Waals surface area contributed by atoms with E-state index in [0.29, 0.717) is 0 Å². The third-order valence-electron chi connectivity index (χ3n) is 2.26. The van der Waals surface area contributed by atoms with Gasteiger partial charge in [-0.3, -0.25) is 19.8 Å². The topological polar surface area (TPSA) is 116 Å². The Morgan fingerprint density at radius 3 is 2.30 bits per heavy atom. The molecule has 8 nitrogen and oxygen atoms in total. The van der Waals surface area contributed by atoms with E-state index in [4.69, 9.17) is 5.11 Å². The minimum Gasteiger partial charge on any atom is -0.481 e. The normalized spacial score (nSPS) is 10.8. The molecule has 1 unspecified atom stereocenters. The van der Waals surface area contributed by atoms with E-state index < -0.39 is 22.8 Å². The number of carbonyl (C=O) groups excluding carboxylic acids is 1. The first-order valence-electron chi connectivity index (χ1n) is 5.31. The number of carboxylic acids is 1. The Bertz CT molecular complexity index is 488. The molecule has 0 fully saturated rings. The van der Waals surface area contributed by atoms with Gasteiger partial charge in [0.05, 0.1) is 4.92 Å². The first kappa shape index (κ1) is 18.1. The van der Waals surface area contributed by atoms with Gasteiger partial charge in [-0.25, -0.2) is 9.68 Å². The molecule has 1 aromatic carbocycles. The summed E-state index contributed by atoms with van der Waals surface area (Å²) in [6, 6.07) is 4.79. The van der Waals surface area contributed by atoms with Crippen LogP contribution in [0.15, 0.2) is 24.3 Å². The van der Waals surface area contributed by atoms with Crippen LogP contribution < -0.4 is 4.89 Å². The van der Waals surface area contributed by atoms with Gasteiger partial charge in [0.1, 0.15) is 0 Å². The summed E-state index contributed by atoms with van der Waals surface area (Å²) in [5.41, 5.74) is -0.143. The summed E-state index contributed by atoms with van der Waals surface area (Å²) in [7, 11) is 0. The number of hydrogen-bond donors (Lipinski definition) is 1. The van der Waals surface area contributed by atoms with Gasteiger partial charge >= 0.3 is 35.0 Å². The zero-order chi connectivity index (χ0) is 14.4. The molecule has 0 saturated heterocycles. The SMILES string of the molecule is CCC(C(=O)O)C(=O)OOc1ccc([N+](=O)[O-])cc1.[Mg+2]. The van der Waals surface area contributed by atoms with Gasteiger partial charge in [0, 0.05) is 12.1 Å². The van der Waals surface area contributed by atoms with E-state index in [-0.39, 0.29) is 40.9 Å². The maximum atomic E-state index is 11.3. The zero-order valence-electron chi connectivity index (χ0n) is 10.6. The molecular weight excluding hydrogens is 282 g/mol. The monoisotopic (exact) mass is 293 g/mol. The number of carboxylic acid groups (broad SMARTS) is 1. The van der Waals surface area contributed by atoms with Crippen LogP contribution in [0.3, 0.4) is 0 Å². The van der Waals surface area contributed by atoms with Crippen molar-refractivity contribution in [3.8, 4) is 5.75 Å². The van der Waals surface area contributed by atoms with E-state index in [9.17, 15) is 19.7 Å². The van der Waals surface area contributed by atoms with E-state index in [1.54, 1.807) is 0 Å². The minimum atomic E-state index is -1.31. The van der Waals surface area contributed by atoms with Crippen molar-refractivity contribution in [1.29, 1.82) is 0 Å². The first-order valence-corrected chi connectivity index (χ1v) is 5.31. The van der Waals surface area contributed by atoms with Gasteiger partial charge in [-0.05, 0) is 18.6 Å². The number of benzene rings is 1. The fraction of sp³-hybridized carbons (Fsp3) is 0.273. The second-order valence-electron chi connectivity index (χ2n) is 3.54. The predicted molar refractivity (Wildman–Crippen MR) is 67.0 cm³/mol. The molecule has 0 amide bonds. The number of nitrogens with zero attached hydrogens (tertiary/aromatic N) is 1. The van der Waals surface area contributed by atoms with Crippen LogP contribution in [0.2, 0.25) is 0 Å². The molecule has 0 aliphatic rings. The molecule has 0 aliphatic heterocycles. The first-order chi connectivity index (χ1) is 8.95. The van der Waals surface area contributed by atoms with Crippen molar-refractivity contribution in [3.05, 3.63) is 34.4 Å². The third-order valence-corrected chi connectivity index (χ3v) is 2.26. The van der Waals surface area contributed by atoms with Gasteiger partial charge in [-0.1, -0.05) is 6.92 Å². The number of aliphatic carboxylic acids is 1. The molecule has 102 valence electrons. The molecule has 0 aromatic heterocycles. The summed E-state index contributed by atoms with van der Waals surface area (Å²) in [5, 5.41) is 19.1. The quantitative estimate of drug-likeness (QED) is 0.275. The largest absolute Gasteiger partial charge is 2.00 e. The summed E-state index contributed by atoms with van der Waals surface area (Å²) in [6.07, 6.45) is 0.0673. The van der Waals surface area contributed by atoms with Crippen molar-refractivity contribution in [2.45, 2.75) is 13.3 Å². The number of rotatable bonds is 6. The summed E-state index contributed by atoms with van der Waals surface area (Å²) in [5.74, 6) is -3.59. The third kappa shape index (κ3) is 5.01. The average Bonchev–Trinajstić information content (AvgIpc) is 2.37. The van der Waals surface area contributed by atoms with E-state index in [1.165, 1.54) is 19.1 Å². The van der Waals surface area contributed by atoms with Crippen LogP contribution in [-0.4, -0.2) is 45.0 Å². The van der Waals surface area contributed by atoms with Gasteiger partial charge in [-0.15, -0.1) is 0 Å². The van der Waals surface area contributed by atoms with Gasteiger partial charge in [-0.2, -0.15) is 0 Å². The van der Waals surface area contributed by atoms with Crippen molar-refractivity contribution in [2.75, 3.05) is 0 Å². The Hall–Kier alpha value is -1.87. The fourth-order valence-corrected chi connectivity index (χ4v) is 1.21. The molecule has 0 bridgehead atoms. The molecular formula is C11H11MgNO7+2. The van der Waals surface area contributed by atoms with Crippen LogP contribution in [0.25, 0.3) is 0 Å². The number of hydrogen-bond acceptors (Lipinski definition) is 6. The van der Waals surface area contributed by atoms with Gasteiger partial charge in [0.2, 0.25) is 0 Å². The number of nitro groups is 1. The Balaban J connectivity index is 0.00000361. The molecule has 9 heteroatoms. The van der Waals surface area contributed by atoms with Crippen molar-refractivity contribution in [1.82, 2.24) is 0 Å². The second kappa shape index (κ2) is 8.33. The van der Waals surface area contributed by atoms with Crippen molar-refractivity contribution < 1.29 is 29.4 Å². The Labute approximate surface area is 129 Å². The molecule has 0 spiro atoms. The summed E-state index contributed by atoms with van der Waals surface area (Å²) in [6.45, 7) is 1.52. The molecule has 1 rings (SSSR count). The molecule has 0 saturated carbocycles. The van der Waals surface area contributed by atoms with Gasteiger partial charge < -0.3 is 5.11 Å². The molecule has 0 heterocycles. The summed E-state index contributed by atoms with van der Waals surface area (Å²) in [4.78, 5) is 40.8. The number of carbonyl (C=O) groups is 2. The van der Waals surface area contributed by atoms with Crippen LogP contribution in [0.5, 0.6) is 5.75 Å². The molecule has 1 atom stereocenters. The zero-order valence-corrected chi connectivity index (χ0v) is 12.1. The fourth-order valence-electron chi connectivity index (χ4n) is 1.21. The van der Waals surface area contributed by atoms with Crippen LogP contribution in [-0.2, 0) is 14.5 Å². The van der Waals surface area contributed by atoms with Crippen molar-refractivity contribution in [2.24, 2.45) is 5.92 Å². The molecule has 0 radical (unpaired) electrons.